The van der Waals surface area contributed by atoms with E-state index in [1.807, 2.05) is 32.0 Å². The van der Waals surface area contributed by atoms with Crippen molar-refractivity contribution in [1.29, 1.82) is 0 Å². The van der Waals surface area contributed by atoms with Crippen LogP contribution in [0, 0.1) is 13.8 Å². The van der Waals surface area contributed by atoms with Crippen LogP contribution in [0.5, 0.6) is 0 Å². The van der Waals surface area contributed by atoms with Crippen molar-refractivity contribution in [3.05, 3.63) is 35.2 Å². The number of aryl methyl sites for hydroxylation is 2. The third-order valence-electron chi connectivity index (χ3n) is 5.92. The van der Waals surface area contributed by atoms with Gasteiger partial charge >= 0.3 is 0 Å². The topological polar surface area (TPSA) is 58.6 Å². The molecule has 2 aromatic rings. The maximum absolute atomic E-state index is 13.3. The average Bonchev–Trinajstić information content (AvgIpc) is 3.09. The fraction of sp³-hybridized carbons (Fsp3) is 0.591. The highest BCUT2D eigenvalue weighted by molar-refractivity contribution is 5.97. The van der Waals surface area contributed by atoms with Crippen LogP contribution in [-0.4, -0.2) is 70.1 Å². The Morgan fingerprint density at radius 1 is 1.11 bits per heavy atom. The summed E-state index contributed by atoms with van der Waals surface area (Å²) in [5.74, 6) is 0.110. The van der Waals surface area contributed by atoms with Crippen molar-refractivity contribution in [3.8, 4) is 0 Å². The number of amides is 1. The first-order chi connectivity index (χ1) is 13.4. The Morgan fingerprint density at radius 3 is 2.50 bits per heavy atom. The molecule has 2 aliphatic rings. The van der Waals surface area contributed by atoms with E-state index in [0.717, 1.165) is 61.4 Å². The van der Waals surface area contributed by atoms with Gasteiger partial charge < -0.3 is 9.64 Å². The number of ether oxygens (including phenoxy) is 1. The molecule has 6 heteroatoms. The highest BCUT2D eigenvalue weighted by Crippen LogP contribution is 2.24. The molecule has 1 aromatic carbocycles. The van der Waals surface area contributed by atoms with Crippen molar-refractivity contribution in [2.24, 2.45) is 0 Å². The van der Waals surface area contributed by atoms with Gasteiger partial charge in [0.05, 0.1) is 34.6 Å². The monoisotopic (exact) mass is 382 g/mol. The molecule has 2 saturated heterocycles. The lowest BCUT2D eigenvalue weighted by molar-refractivity contribution is -0.0715. The fourth-order valence-electron chi connectivity index (χ4n) is 4.55. The summed E-state index contributed by atoms with van der Waals surface area (Å²) < 4.78 is 5.85. The molecule has 0 aliphatic carbocycles. The number of rotatable bonds is 3. The highest BCUT2D eigenvalue weighted by Gasteiger charge is 2.33. The van der Waals surface area contributed by atoms with Gasteiger partial charge in [-0.3, -0.25) is 9.69 Å². The van der Waals surface area contributed by atoms with Gasteiger partial charge in [-0.05, 0) is 58.7 Å². The molecule has 1 amide bonds. The van der Waals surface area contributed by atoms with Gasteiger partial charge in [-0.15, -0.1) is 0 Å². The molecule has 1 aromatic heterocycles. The van der Waals surface area contributed by atoms with E-state index in [9.17, 15) is 4.79 Å². The van der Waals surface area contributed by atoms with E-state index in [0.29, 0.717) is 5.56 Å². The van der Waals surface area contributed by atoms with Crippen molar-refractivity contribution in [2.75, 3.05) is 26.2 Å². The summed E-state index contributed by atoms with van der Waals surface area (Å²) in [4.78, 5) is 27.0. The molecule has 150 valence electrons. The maximum atomic E-state index is 13.3. The van der Waals surface area contributed by atoms with Gasteiger partial charge in [0.15, 0.2) is 0 Å². The van der Waals surface area contributed by atoms with E-state index in [4.69, 9.17) is 4.74 Å². The number of likely N-dealkylation sites (tertiary alicyclic amines) is 1. The van der Waals surface area contributed by atoms with E-state index in [2.05, 4.69) is 33.6 Å². The molecule has 4 rings (SSSR count). The first-order valence-corrected chi connectivity index (χ1v) is 10.3. The van der Waals surface area contributed by atoms with Crippen LogP contribution in [-0.2, 0) is 4.74 Å². The SMILES string of the molecule is Cc1nc2ccc(C(=O)N3CCC[C@@H]3CN3C[C@@H](C)O[C@H](C)C3)cc2nc1C. The van der Waals surface area contributed by atoms with Gasteiger partial charge in [-0.2, -0.15) is 0 Å². The number of carbonyl (C=O) groups is 1. The first-order valence-electron chi connectivity index (χ1n) is 10.3. The highest BCUT2D eigenvalue weighted by atomic mass is 16.5. The van der Waals surface area contributed by atoms with Crippen LogP contribution in [0.15, 0.2) is 18.2 Å². The zero-order valence-electron chi connectivity index (χ0n) is 17.3. The number of hydrogen-bond donors (Lipinski definition) is 0. The molecule has 28 heavy (non-hydrogen) atoms. The summed E-state index contributed by atoms with van der Waals surface area (Å²) in [6.45, 7) is 11.8. The molecule has 2 aliphatic heterocycles. The van der Waals surface area contributed by atoms with Crippen molar-refractivity contribution in [1.82, 2.24) is 19.8 Å². The number of hydrogen-bond acceptors (Lipinski definition) is 5. The molecule has 3 heterocycles. The van der Waals surface area contributed by atoms with E-state index < -0.39 is 0 Å². The number of benzene rings is 1. The minimum absolute atomic E-state index is 0.110. The van der Waals surface area contributed by atoms with Crippen LogP contribution in [0.2, 0.25) is 0 Å². The van der Waals surface area contributed by atoms with Crippen LogP contribution in [0.4, 0.5) is 0 Å². The van der Waals surface area contributed by atoms with Crippen LogP contribution in [0.25, 0.3) is 11.0 Å². The normalized spacial score (nSPS) is 26.1. The summed E-state index contributed by atoms with van der Waals surface area (Å²) in [5.41, 5.74) is 4.18. The Morgan fingerprint density at radius 2 is 1.79 bits per heavy atom. The number of carbonyl (C=O) groups excluding carboxylic acids is 1. The summed E-state index contributed by atoms with van der Waals surface area (Å²) in [5, 5.41) is 0. The Labute approximate surface area is 166 Å². The van der Waals surface area contributed by atoms with Crippen molar-refractivity contribution >= 4 is 16.9 Å². The number of nitrogens with zero attached hydrogens (tertiary/aromatic N) is 4. The summed E-state index contributed by atoms with van der Waals surface area (Å²) in [7, 11) is 0. The van der Waals surface area contributed by atoms with Gasteiger partial charge in [-0.25, -0.2) is 9.97 Å². The van der Waals surface area contributed by atoms with Gasteiger partial charge in [-0.1, -0.05) is 0 Å². The van der Waals surface area contributed by atoms with Crippen molar-refractivity contribution in [3.63, 3.8) is 0 Å². The third kappa shape index (κ3) is 3.89. The number of fused-ring (bicyclic) bond motifs is 1. The summed E-state index contributed by atoms with van der Waals surface area (Å²) in [6, 6.07) is 5.97. The molecule has 0 saturated carbocycles. The predicted octanol–water partition coefficient (Wildman–Crippen LogP) is 2.96. The lowest BCUT2D eigenvalue weighted by Crippen LogP contribution is -2.50. The Bertz CT molecular complexity index is 874. The minimum Gasteiger partial charge on any atom is -0.373 e. The van der Waals surface area contributed by atoms with Crippen LogP contribution >= 0.6 is 0 Å². The lowest BCUT2D eigenvalue weighted by atomic mass is 10.1. The van der Waals surface area contributed by atoms with E-state index >= 15 is 0 Å². The summed E-state index contributed by atoms with van der Waals surface area (Å²) in [6.07, 6.45) is 2.63. The molecule has 0 radical (unpaired) electrons. The molecular formula is C22H30N4O2. The largest absolute Gasteiger partial charge is 0.373 e. The third-order valence-corrected chi connectivity index (χ3v) is 5.92. The van der Waals surface area contributed by atoms with Crippen LogP contribution in [0.1, 0.15) is 48.4 Å². The lowest BCUT2D eigenvalue weighted by Gasteiger charge is -2.38. The zero-order chi connectivity index (χ0) is 19.8. The van der Waals surface area contributed by atoms with E-state index in [1.165, 1.54) is 0 Å². The molecule has 0 spiro atoms. The quantitative estimate of drug-likeness (QED) is 0.817. The molecule has 0 unspecified atom stereocenters. The van der Waals surface area contributed by atoms with Crippen molar-refractivity contribution < 1.29 is 9.53 Å². The Kier molecular flexibility index (Phi) is 5.34. The predicted molar refractivity (Wildman–Crippen MR) is 110 cm³/mol. The smallest absolute Gasteiger partial charge is 0.254 e. The van der Waals surface area contributed by atoms with Gasteiger partial charge in [0, 0.05) is 37.8 Å². The van der Waals surface area contributed by atoms with Crippen molar-refractivity contribution in [2.45, 2.75) is 58.8 Å². The first kappa shape index (κ1) is 19.3. The second-order valence-corrected chi connectivity index (χ2v) is 8.37. The van der Waals surface area contributed by atoms with Gasteiger partial charge in [0.25, 0.3) is 5.91 Å². The zero-order valence-corrected chi connectivity index (χ0v) is 17.3. The minimum atomic E-state index is 0.110. The molecule has 6 nitrogen and oxygen atoms in total. The Balaban J connectivity index is 1.51. The van der Waals surface area contributed by atoms with Crippen LogP contribution < -0.4 is 0 Å². The second-order valence-electron chi connectivity index (χ2n) is 8.37. The number of aromatic nitrogens is 2. The Hall–Kier alpha value is -2.05. The molecule has 0 N–H and O–H groups in total. The van der Waals surface area contributed by atoms with Gasteiger partial charge in [0.2, 0.25) is 0 Å². The van der Waals surface area contributed by atoms with Gasteiger partial charge in [0.1, 0.15) is 0 Å². The molecule has 2 fully saturated rings. The molecular weight excluding hydrogens is 352 g/mol. The maximum Gasteiger partial charge on any atom is 0.254 e. The molecule has 0 bridgehead atoms. The van der Waals surface area contributed by atoms with E-state index in [-0.39, 0.29) is 24.2 Å². The van der Waals surface area contributed by atoms with Crippen LogP contribution in [0.3, 0.4) is 0 Å². The fourth-order valence-corrected chi connectivity index (χ4v) is 4.55. The van der Waals surface area contributed by atoms with E-state index in [1.54, 1.807) is 0 Å². The number of morpholine rings is 1. The standard InChI is InChI=1S/C22H30N4O2/c1-14-11-25(12-15(2)28-14)13-19-6-5-9-26(19)22(27)18-7-8-20-21(10-18)24-17(4)16(3)23-20/h7-8,10,14-15,19H,5-6,9,11-13H2,1-4H3/t14-,15-,19-/m1/s1. The average molecular weight is 383 g/mol. The second kappa shape index (κ2) is 7.76. The molecule has 3 atom stereocenters. The summed E-state index contributed by atoms with van der Waals surface area (Å²) >= 11 is 0.